The number of rotatable bonds is 11. The van der Waals surface area contributed by atoms with Gasteiger partial charge in [0.2, 0.25) is 27.7 Å². The number of hydrogen-bond acceptors (Lipinski definition) is 12. The van der Waals surface area contributed by atoms with Crippen LogP contribution >= 0.6 is 11.3 Å². The van der Waals surface area contributed by atoms with E-state index in [0.29, 0.717) is 91.1 Å². The van der Waals surface area contributed by atoms with E-state index >= 15 is 4.79 Å². The SMILES string of the molecule is COc1ccc2c(O[C@@H]3C[C@H]4C(=O)N[C@]5(C(=O)NS(=O)(=O)C6CC6)C[C@H]5/C=C\CCCCC[C@H](NC(=O)N5CCC(CC(N)=O)CC5)C(=O)N4C3)cc(-c3nc(C(C)C)cs3)nc2c1C. The highest BCUT2D eigenvalue weighted by Gasteiger charge is 2.62. The number of likely N-dealkylation sites (tertiary alicyclic amines) is 1. The Hall–Kier alpha value is -5.30. The molecule has 0 bridgehead atoms. The van der Waals surface area contributed by atoms with Crippen LogP contribution in [0.5, 0.6) is 11.5 Å². The summed E-state index contributed by atoms with van der Waals surface area (Å²) in [5.74, 6) is -1.32. The minimum Gasteiger partial charge on any atom is -0.496 e. The number of thiazole rings is 1. The fourth-order valence-electron chi connectivity index (χ4n) is 9.37. The number of nitrogens with one attached hydrogen (secondary N) is 3. The lowest BCUT2D eigenvalue weighted by atomic mass is 9.93. The number of nitrogens with two attached hydrogens (primary N) is 1. The molecule has 0 unspecified atom stereocenters. The maximum absolute atomic E-state index is 15.0. The van der Waals surface area contributed by atoms with Gasteiger partial charge in [0.1, 0.15) is 45.9 Å². The van der Waals surface area contributed by atoms with Crippen LogP contribution in [-0.2, 0) is 29.2 Å². The lowest BCUT2D eigenvalue weighted by Crippen LogP contribution is -2.59. The molecular weight excluding hydrogens is 873 g/mol. The Bertz CT molecular complexity index is 2480. The summed E-state index contributed by atoms with van der Waals surface area (Å²) < 4.78 is 40.8. The molecule has 65 heavy (non-hydrogen) atoms. The van der Waals surface area contributed by atoms with Gasteiger partial charge >= 0.3 is 6.03 Å². The van der Waals surface area contributed by atoms with Crippen LogP contribution < -0.4 is 30.6 Å². The second-order valence-corrected chi connectivity index (χ2v) is 21.4. The van der Waals surface area contributed by atoms with Gasteiger partial charge in [-0.15, -0.1) is 11.3 Å². The van der Waals surface area contributed by atoms with Crippen molar-refractivity contribution in [3.63, 3.8) is 0 Å². The van der Waals surface area contributed by atoms with Gasteiger partial charge in [0.25, 0.3) is 5.91 Å². The number of aromatic nitrogens is 2. The van der Waals surface area contributed by atoms with E-state index in [2.05, 4.69) is 29.2 Å². The Kier molecular flexibility index (Phi) is 13.4. The van der Waals surface area contributed by atoms with Crippen LogP contribution in [0.3, 0.4) is 0 Å². The van der Waals surface area contributed by atoms with Crippen LogP contribution in [0.1, 0.15) is 108 Å². The first kappa shape index (κ1) is 46.2. The van der Waals surface area contributed by atoms with Crippen molar-refractivity contribution in [2.24, 2.45) is 17.6 Å². The average molecular weight is 933 g/mol. The van der Waals surface area contributed by atoms with Gasteiger partial charge in [0, 0.05) is 54.2 Å². The molecule has 17 nitrogen and oxygen atoms in total. The molecule has 350 valence electrons. The fraction of sp³-hybridized carbons (Fsp3) is 0.587. The highest BCUT2D eigenvalue weighted by atomic mass is 32.2. The Balaban J connectivity index is 1.12. The van der Waals surface area contributed by atoms with Crippen LogP contribution in [0.15, 0.2) is 35.7 Å². The summed E-state index contributed by atoms with van der Waals surface area (Å²) in [5.41, 5.74) is 6.86. The minimum atomic E-state index is -3.93. The number of benzene rings is 1. The number of amides is 6. The monoisotopic (exact) mass is 932 g/mol. The number of sulfonamides is 1. The molecule has 2 saturated heterocycles. The third kappa shape index (κ3) is 10.1. The number of aryl methyl sites for hydroxylation is 1. The average Bonchev–Trinajstić information content (AvgIpc) is 4.14. The molecule has 2 aliphatic carbocycles. The van der Waals surface area contributed by atoms with Crippen LogP contribution in [0.4, 0.5) is 4.79 Å². The third-order valence-electron chi connectivity index (χ3n) is 13.5. The number of fused-ring (bicyclic) bond motifs is 3. The Morgan fingerprint density at radius 1 is 1.05 bits per heavy atom. The Morgan fingerprint density at radius 2 is 1.82 bits per heavy atom. The number of primary amides is 1. The number of ether oxygens (including phenoxy) is 2. The van der Waals surface area contributed by atoms with E-state index in [1.165, 1.54) is 16.2 Å². The van der Waals surface area contributed by atoms with Crippen LogP contribution in [0.2, 0.25) is 0 Å². The minimum absolute atomic E-state index is 0.0244. The molecule has 0 spiro atoms. The van der Waals surface area contributed by atoms with E-state index in [4.69, 9.17) is 25.2 Å². The predicted octanol–water partition coefficient (Wildman–Crippen LogP) is 4.82. The molecule has 0 radical (unpaired) electrons. The summed E-state index contributed by atoms with van der Waals surface area (Å²) in [6, 6.07) is 2.99. The van der Waals surface area contributed by atoms with Crippen molar-refractivity contribution in [1.29, 1.82) is 0 Å². The number of pyridine rings is 1. The van der Waals surface area contributed by atoms with Crippen molar-refractivity contribution in [3.8, 4) is 22.2 Å². The van der Waals surface area contributed by atoms with E-state index in [1.807, 2.05) is 42.7 Å². The van der Waals surface area contributed by atoms with Crippen LogP contribution in [0.25, 0.3) is 21.6 Å². The number of carbonyl (C=O) groups is 5. The van der Waals surface area contributed by atoms with Crippen LogP contribution in [0, 0.1) is 18.8 Å². The van der Waals surface area contributed by atoms with Gasteiger partial charge in [0.15, 0.2) is 0 Å². The number of urea groups is 1. The lowest BCUT2D eigenvalue weighted by molar-refractivity contribution is -0.141. The summed E-state index contributed by atoms with van der Waals surface area (Å²) in [6.45, 7) is 6.83. The van der Waals surface area contributed by atoms with Crippen LogP contribution in [-0.4, -0.2) is 114 Å². The van der Waals surface area contributed by atoms with Crippen molar-refractivity contribution < 1.29 is 41.9 Å². The Labute approximate surface area is 383 Å². The highest BCUT2D eigenvalue weighted by Crippen LogP contribution is 2.46. The molecule has 3 aromatic rings. The summed E-state index contributed by atoms with van der Waals surface area (Å²) >= 11 is 1.47. The maximum atomic E-state index is 15.0. The molecular formula is C46H60N8O9S2. The van der Waals surface area contributed by atoms with Gasteiger partial charge in [-0.05, 0) is 82.3 Å². The highest BCUT2D eigenvalue weighted by molar-refractivity contribution is 7.91. The molecule has 5 aliphatic rings. The van der Waals surface area contributed by atoms with E-state index < -0.39 is 68.7 Å². The standard InChI is InChI=1S/C46H60N8O9S2/c1-26(2)35-25-64-42(49-35)34-22-38(32-14-15-37(62-4)27(3)40(32)48-34)63-30-21-36-41(56)51-46(44(58)52-65(60,61)31-12-13-31)23-29(46)10-8-6-5-7-9-11-33(43(57)54(36)24-30)50-45(59)53-18-16-28(17-19-53)20-39(47)55/h8,10,14-15,22,25-26,28-31,33,36H,5-7,9,11-13,16-21,23-24H2,1-4H3,(H2,47,55)(H,50,59)(H,51,56)(H,52,58)/b10-8-/t29-,30-,33+,36+,46-/m1/s1. The molecule has 6 amide bonds. The third-order valence-corrected chi connectivity index (χ3v) is 16.2. The number of methoxy groups -OCH3 is 1. The second kappa shape index (κ2) is 18.9. The zero-order valence-electron chi connectivity index (χ0n) is 37.5. The molecule has 5 atom stereocenters. The predicted molar refractivity (Wildman–Crippen MR) is 244 cm³/mol. The van der Waals surface area contributed by atoms with Gasteiger partial charge < -0.3 is 35.6 Å². The quantitative estimate of drug-likeness (QED) is 0.191. The van der Waals surface area contributed by atoms with Crippen molar-refractivity contribution in [3.05, 3.63) is 47.0 Å². The molecule has 1 aromatic carbocycles. The number of piperidine rings is 1. The normalized spacial score (nSPS) is 26.0. The molecule has 3 aliphatic heterocycles. The van der Waals surface area contributed by atoms with E-state index in [9.17, 15) is 27.6 Å². The zero-order valence-corrected chi connectivity index (χ0v) is 39.1. The number of allylic oxidation sites excluding steroid dienone is 1. The first-order valence-corrected chi connectivity index (χ1v) is 25.3. The number of carbonyl (C=O) groups excluding carboxylic acids is 5. The van der Waals surface area contributed by atoms with Crippen molar-refractivity contribution in [2.75, 3.05) is 26.7 Å². The van der Waals surface area contributed by atoms with Gasteiger partial charge in [-0.3, -0.25) is 23.9 Å². The Morgan fingerprint density at radius 3 is 2.51 bits per heavy atom. The molecule has 2 saturated carbocycles. The number of nitrogens with zero attached hydrogens (tertiary/aromatic N) is 4. The molecule has 8 rings (SSSR count). The van der Waals surface area contributed by atoms with Crippen molar-refractivity contribution in [2.45, 2.75) is 133 Å². The maximum Gasteiger partial charge on any atom is 0.318 e. The van der Waals surface area contributed by atoms with Gasteiger partial charge in [-0.25, -0.2) is 23.2 Å². The summed E-state index contributed by atoms with van der Waals surface area (Å²) in [6.07, 6.45) is 8.87. The molecule has 5 heterocycles. The van der Waals surface area contributed by atoms with Crippen molar-refractivity contribution in [1.82, 2.24) is 35.1 Å². The zero-order chi connectivity index (χ0) is 46.2. The van der Waals surface area contributed by atoms with E-state index in [1.54, 1.807) is 12.0 Å². The topological polar surface area (TPSA) is 232 Å². The number of hydrogen-bond donors (Lipinski definition) is 4. The molecule has 4 fully saturated rings. The van der Waals surface area contributed by atoms with Gasteiger partial charge in [-0.2, -0.15) is 0 Å². The first-order chi connectivity index (χ1) is 31.1. The second-order valence-electron chi connectivity index (χ2n) is 18.6. The largest absolute Gasteiger partial charge is 0.496 e. The summed E-state index contributed by atoms with van der Waals surface area (Å²) in [7, 11) is -2.34. The first-order valence-electron chi connectivity index (χ1n) is 22.9. The molecule has 5 N–H and O–H groups in total. The summed E-state index contributed by atoms with van der Waals surface area (Å²) in [5, 5.41) is 8.69. The lowest BCUT2D eigenvalue weighted by Gasteiger charge is -2.34. The van der Waals surface area contributed by atoms with Crippen molar-refractivity contribution >= 4 is 61.9 Å². The fourth-order valence-corrected chi connectivity index (χ4v) is 11.7. The smallest absolute Gasteiger partial charge is 0.318 e. The molecule has 2 aromatic heterocycles. The van der Waals surface area contributed by atoms with Gasteiger partial charge in [-0.1, -0.05) is 38.8 Å². The van der Waals surface area contributed by atoms with Gasteiger partial charge in [0.05, 0.1) is 30.1 Å². The van der Waals surface area contributed by atoms with E-state index in [0.717, 1.165) is 24.1 Å². The molecule has 19 heteroatoms. The van der Waals surface area contributed by atoms with E-state index in [-0.39, 0.29) is 43.6 Å². The summed E-state index contributed by atoms with van der Waals surface area (Å²) in [4.78, 5) is 82.1.